The summed E-state index contributed by atoms with van der Waals surface area (Å²) in [6, 6.07) is 16.9. The molecule has 0 amide bonds. The highest BCUT2D eigenvalue weighted by atomic mass is 16.5. The van der Waals surface area contributed by atoms with Crippen molar-refractivity contribution in [3.8, 4) is 5.75 Å². The summed E-state index contributed by atoms with van der Waals surface area (Å²) in [6.07, 6.45) is 6.41. The molecule has 1 aliphatic heterocycles. The third kappa shape index (κ3) is 4.39. The van der Waals surface area contributed by atoms with Gasteiger partial charge >= 0.3 is 0 Å². The van der Waals surface area contributed by atoms with Crippen molar-refractivity contribution >= 4 is 11.0 Å². The van der Waals surface area contributed by atoms with Crippen LogP contribution in [0.4, 0.5) is 0 Å². The molecule has 1 aliphatic rings. The molecule has 2 heterocycles. The monoisotopic (exact) mass is 377 g/mol. The highest BCUT2D eigenvalue weighted by Gasteiger charge is 2.20. The Kier molecular flexibility index (Phi) is 5.96. The standard InChI is InChI=1S/C24H31N3O/c1-26-23-9-4-3-8-22(23)25-24(26)18-27-16-14-20(15-17-27)7-5-6-19-10-12-21(28-2)13-11-19/h3-4,8-13,20H,5-7,14-18H2,1-2H3. The third-order valence-electron chi connectivity index (χ3n) is 6.19. The quantitative estimate of drug-likeness (QED) is 0.591. The molecule has 0 spiro atoms. The van der Waals surface area contributed by atoms with E-state index in [1.807, 2.05) is 0 Å². The lowest BCUT2D eigenvalue weighted by Gasteiger charge is -2.31. The van der Waals surface area contributed by atoms with Crippen molar-refractivity contribution in [2.45, 2.75) is 38.6 Å². The minimum Gasteiger partial charge on any atom is -0.497 e. The molecule has 4 rings (SSSR count). The molecule has 0 unspecified atom stereocenters. The normalized spacial score (nSPS) is 15.9. The second-order valence-corrected chi connectivity index (χ2v) is 8.04. The molecule has 0 N–H and O–H groups in total. The number of rotatable bonds is 7. The van der Waals surface area contributed by atoms with E-state index < -0.39 is 0 Å². The van der Waals surface area contributed by atoms with Gasteiger partial charge in [-0.2, -0.15) is 0 Å². The molecule has 0 saturated carbocycles. The number of hydrogen-bond acceptors (Lipinski definition) is 3. The second-order valence-electron chi connectivity index (χ2n) is 8.04. The zero-order chi connectivity index (χ0) is 19.3. The van der Waals surface area contributed by atoms with Crippen molar-refractivity contribution in [1.82, 2.24) is 14.5 Å². The topological polar surface area (TPSA) is 30.3 Å². The van der Waals surface area contributed by atoms with Crippen LogP contribution in [0.2, 0.25) is 0 Å². The Morgan fingerprint density at radius 3 is 2.50 bits per heavy atom. The molecule has 3 aromatic rings. The van der Waals surface area contributed by atoms with E-state index in [-0.39, 0.29) is 0 Å². The van der Waals surface area contributed by atoms with E-state index in [9.17, 15) is 0 Å². The molecular weight excluding hydrogens is 346 g/mol. The highest BCUT2D eigenvalue weighted by molar-refractivity contribution is 5.75. The average molecular weight is 378 g/mol. The van der Waals surface area contributed by atoms with E-state index in [2.05, 4.69) is 65.0 Å². The summed E-state index contributed by atoms with van der Waals surface area (Å²) < 4.78 is 7.48. The van der Waals surface area contributed by atoms with Gasteiger partial charge in [0.25, 0.3) is 0 Å². The first-order chi connectivity index (χ1) is 13.7. The number of imidazole rings is 1. The van der Waals surface area contributed by atoms with Gasteiger partial charge in [0.15, 0.2) is 0 Å². The minimum absolute atomic E-state index is 0.870. The Bertz CT molecular complexity index is 892. The fourth-order valence-corrected chi connectivity index (χ4v) is 4.36. The first-order valence-corrected chi connectivity index (χ1v) is 10.5. The molecule has 1 saturated heterocycles. The van der Waals surface area contributed by atoms with E-state index in [0.29, 0.717) is 0 Å². The van der Waals surface area contributed by atoms with Gasteiger partial charge in [-0.25, -0.2) is 4.98 Å². The molecule has 1 fully saturated rings. The lowest BCUT2D eigenvalue weighted by molar-refractivity contribution is 0.166. The largest absolute Gasteiger partial charge is 0.497 e. The van der Waals surface area contributed by atoms with Crippen molar-refractivity contribution in [3.63, 3.8) is 0 Å². The van der Waals surface area contributed by atoms with Crippen LogP contribution in [0.1, 0.15) is 37.1 Å². The van der Waals surface area contributed by atoms with E-state index in [1.165, 1.54) is 62.1 Å². The van der Waals surface area contributed by atoms with Crippen LogP contribution in [0.15, 0.2) is 48.5 Å². The third-order valence-corrected chi connectivity index (χ3v) is 6.19. The molecule has 4 heteroatoms. The van der Waals surface area contributed by atoms with Gasteiger partial charge in [-0.15, -0.1) is 0 Å². The van der Waals surface area contributed by atoms with Crippen LogP contribution in [0, 0.1) is 5.92 Å². The van der Waals surface area contributed by atoms with Gasteiger partial charge in [0, 0.05) is 7.05 Å². The zero-order valence-corrected chi connectivity index (χ0v) is 17.1. The molecule has 2 aromatic carbocycles. The lowest BCUT2D eigenvalue weighted by Crippen LogP contribution is -2.34. The summed E-state index contributed by atoms with van der Waals surface area (Å²) in [5.41, 5.74) is 3.75. The second kappa shape index (κ2) is 8.78. The summed E-state index contributed by atoms with van der Waals surface area (Å²) in [7, 11) is 3.86. The summed E-state index contributed by atoms with van der Waals surface area (Å²) in [4.78, 5) is 7.40. The molecular formula is C24H31N3O. The van der Waals surface area contributed by atoms with Crippen molar-refractivity contribution in [3.05, 3.63) is 59.9 Å². The summed E-state index contributed by atoms with van der Waals surface area (Å²) in [6.45, 7) is 3.34. The van der Waals surface area contributed by atoms with Crippen LogP contribution in [-0.4, -0.2) is 34.7 Å². The number of aromatic nitrogens is 2. The number of nitrogens with zero attached hydrogens (tertiary/aromatic N) is 3. The Morgan fingerprint density at radius 2 is 1.79 bits per heavy atom. The summed E-state index contributed by atoms with van der Waals surface area (Å²) >= 11 is 0. The Hall–Kier alpha value is -2.33. The van der Waals surface area contributed by atoms with Crippen molar-refractivity contribution in [2.75, 3.05) is 20.2 Å². The molecule has 0 bridgehead atoms. The Balaban J connectivity index is 1.22. The molecule has 0 aliphatic carbocycles. The fraction of sp³-hybridized carbons (Fsp3) is 0.458. The van der Waals surface area contributed by atoms with Crippen LogP contribution in [0.3, 0.4) is 0 Å². The van der Waals surface area contributed by atoms with Gasteiger partial charge in [-0.1, -0.05) is 30.7 Å². The number of piperidine rings is 1. The van der Waals surface area contributed by atoms with Crippen LogP contribution < -0.4 is 4.74 Å². The number of hydrogen-bond donors (Lipinski definition) is 0. The van der Waals surface area contributed by atoms with Crippen LogP contribution in [-0.2, 0) is 20.0 Å². The number of fused-ring (bicyclic) bond motifs is 1. The Labute approximate surface area is 168 Å². The molecule has 0 radical (unpaired) electrons. The minimum atomic E-state index is 0.870. The predicted octanol–water partition coefficient (Wildman–Crippen LogP) is 4.82. The van der Waals surface area contributed by atoms with E-state index in [4.69, 9.17) is 9.72 Å². The number of benzene rings is 2. The maximum atomic E-state index is 5.24. The maximum Gasteiger partial charge on any atom is 0.123 e. The van der Waals surface area contributed by atoms with Gasteiger partial charge in [-0.05, 0) is 74.5 Å². The van der Waals surface area contributed by atoms with Gasteiger partial charge < -0.3 is 9.30 Å². The van der Waals surface area contributed by atoms with Crippen LogP contribution >= 0.6 is 0 Å². The van der Waals surface area contributed by atoms with Gasteiger partial charge in [0.1, 0.15) is 11.6 Å². The molecule has 0 atom stereocenters. The van der Waals surface area contributed by atoms with Gasteiger partial charge in [0.2, 0.25) is 0 Å². The van der Waals surface area contributed by atoms with Crippen molar-refractivity contribution in [1.29, 1.82) is 0 Å². The van der Waals surface area contributed by atoms with Gasteiger partial charge in [0.05, 0.1) is 24.7 Å². The molecule has 4 nitrogen and oxygen atoms in total. The lowest BCUT2D eigenvalue weighted by atomic mass is 9.91. The van der Waals surface area contributed by atoms with Crippen LogP contribution in [0.25, 0.3) is 11.0 Å². The molecule has 148 valence electrons. The van der Waals surface area contributed by atoms with E-state index >= 15 is 0 Å². The number of aryl methyl sites for hydroxylation is 2. The highest BCUT2D eigenvalue weighted by Crippen LogP contribution is 2.25. The predicted molar refractivity (Wildman–Crippen MR) is 115 cm³/mol. The molecule has 28 heavy (non-hydrogen) atoms. The number of methoxy groups -OCH3 is 1. The number of ether oxygens (including phenoxy) is 1. The first kappa shape index (κ1) is 19.0. The molecule has 1 aromatic heterocycles. The van der Waals surface area contributed by atoms with Gasteiger partial charge in [-0.3, -0.25) is 4.90 Å². The maximum absolute atomic E-state index is 5.24. The fourth-order valence-electron chi connectivity index (χ4n) is 4.36. The first-order valence-electron chi connectivity index (χ1n) is 10.5. The summed E-state index contributed by atoms with van der Waals surface area (Å²) in [5.74, 6) is 2.99. The van der Waals surface area contributed by atoms with E-state index in [1.54, 1.807) is 7.11 Å². The summed E-state index contributed by atoms with van der Waals surface area (Å²) in [5, 5.41) is 0. The Morgan fingerprint density at radius 1 is 1.04 bits per heavy atom. The van der Waals surface area contributed by atoms with Crippen molar-refractivity contribution < 1.29 is 4.74 Å². The smallest absolute Gasteiger partial charge is 0.123 e. The van der Waals surface area contributed by atoms with Crippen LogP contribution in [0.5, 0.6) is 5.75 Å². The van der Waals surface area contributed by atoms with Crippen molar-refractivity contribution in [2.24, 2.45) is 13.0 Å². The van der Waals surface area contributed by atoms with E-state index in [0.717, 1.165) is 23.7 Å². The number of likely N-dealkylation sites (tertiary alicyclic amines) is 1. The zero-order valence-electron chi connectivity index (χ0n) is 17.1. The SMILES string of the molecule is COc1ccc(CCCC2CCN(Cc3nc4ccccc4n3C)CC2)cc1. The average Bonchev–Trinajstić information content (AvgIpc) is 3.05. The number of para-hydroxylation sites is 2.